The van der Waals surface area contributed by atoms with Crippen LogP contribution in [-0.2, 0) is 20.1 Å². The Morgan fingerprint density at radius 3 is 2.14 bits per heavy atom. The number of hydrogen-bond acceptors (Lipinski definition) is 3. The largest absolute Gasteiger partial charge is 0 e. The van der Waals surface area contributed by atoms with E-state index in [9.17, 15) is 0 Å². The van der Waals surface area contributed by atoms with E-state index < -0.39 is 13.3 Å². The van der Waals surface area contributed by atoms with Crippen LogP contribution in [0.15, 0.2) is 150 Å². The fourth-order valence-electron chi connectivity index (χ4n) is 6.67. The van der Waals surface area contributed by atoms with Gasteiger partial charge in [-0.3, -0.25) is 0 Å². The van der Waals surface area contributed by atoms with E-state index in [0.29, 0.717) is 0 Å². The summed E-state index contributed by atoms with van der Waals surface area (Å²) in [7, 11) is 0. The van der Waals surface area contributed by atoms with Crippen LogP contribution in [0.1, 0.15) is 29.5 Å². The molecule has 0 saturated carbocycles. The fraction of sp³-hybridized carbons (Fsp3) is 0.130. The third-order valence-corrected chi connectivity index (χ3v) is 13.8. The van der Waals surface area contributed by atoms with Gasteiger partial charge in [-0.1, -0.05) is 96.7 Å². The van der Waals surface area contributed by atoms with Gasteiger partial charge < -0.3 is 9.40 Å². The molecule has 8 rings (SSSR count). The first-order valence-corrected chi connectivity index (χ1v) is 24.5. The number of aromatic nitrogens is 2. The summed E-state index contributed by atoms with van der Waals surface area (Å²) in [4.78, 5) is 9.29. The molecular formula is C46H40GeIrN2O-2. The first-order valence-electron chi connectivity index (χ1n) is 17.1. The van der Waals surface area contributed by atoms with E-state index in [1.807, 2.05) is 42.6 Å². The molecule has 0 saturated heterocycles. The van der Waals surface area contributed by atoms with Crippen molar-refractivity contribution in [2.75, 3.05) is 0 Å². The Morgan fingerprint density at radius 2 is 1.43 bits per heavy atom. The third-order valence-electron chi connectivity index (χ3n) is 9.29. The van der Waals surface area contributed by atoms with E-state index in [1.54, 1.807) is 0 Å². The molecule has 255 valence electrons. The Balaban J connectivity index is 0.000000211. The number of furan rings is 1. The van der Waals surface area contributed by atoms with Gasteiger partial charge in [0.25, 0.3) is 0 Å². The van der Waals surface area contributed by atoms with Crippen molar-refractivity contribution in [3.8, 4) is 33.6 Å². The van der Waals surface area contributed by atoms with Crippen molar-refractivity contribution in [2.45, 2.75) is 37.0 Å². The topological polar surface area (TPSA) is 38.9 Å². The minimum Gasteiger partial charge on any atom is 0 e. The second-order valence-corrected chi connectivity index (χ2v) is 24.3. The molecule has 0 aliphatic heterocycles. The third kappa shape index (κ3) is 7.84. The summed E-state index contributed by atoms with van der Waals surface area (Å²) < 4.78 is 7.90. The van der Waals surface area contributed by atoms with Gasteiger partial charge in [-0.15, -0.1) is 18.2 Å². The van der Waals surface area contributed by atoms with Crippen molar-refractivity contribution in [1.29, 1.82) is 0 Å². The number of fused-ring (bicyclic) bond motifs is 3. The van der Waals surface area contributed by atoms with Crippen molar-refractivity contribution >= 4 is 39.6 Å². The summed E-state index contributed by atoms with van der Waals surface area (Å²) in [6.45, 7) is 4.42. The van der Waals surface area contributed by atoms with Crippen LogP contribution in [0.25, 0.3) is 55.6 Å². The normalized spacial score (nSPS) is 11.8. The van der Waals surface area contributed by atoms with Gasteiger partial charge in [0.15, 0.2) is 0 Å². The number of pyridine rings is 2. The van der Waals surface area contributed by atoms with Crippen molar-refractivity contribution in [1.82, 2.24) is 9.97 Å². The average molecular weight is 902 g/mol. The molecule has 1 radical (unpaired) electrons. The summed E-state index contributed by atoms with van der Waals surface area (Å²) in [6.07, 6.45) is 3.96. The Kier molecular flexibility index (Phi) is 11.2. The van der Waals surface area contributed by atoms with Crippen LogP contribution in [0.3, 0.4) is 0 Å². The molecule has 0 fully saturated rings. The number of rotatable bonds is 6. The number of nitrogens with zero attached hydrogens (tertiary/aromatic N) is 2. The Hall–Kier alpha value is -4.61. The van der Waals surface area contributed by atoms with E-state index in [4.69, 9.17) is 9.40 Å². The molecule has 51 heavy (non-hydrogen) atoms. The summed E-state index contributed by atoms with van der Waals surface area (Å²) >= 11 is -1.77. The molecule has 1 atom stereocenters. The van der Waals surface area contributed by atoms with Gasteiger partial charge in [0, 0.05) is 37.6 Å². The van der Waals surface area contributed by atoms with Gasteiger partial charge in [-0.2, -0.15) is 0 Å². The molecule has 3 aromatic heterocycles. The molecule has 0 N–H and O–H groups in total. The molecule has 0 spiro atoms. The van der Waals surface area contributed by atoms with E-state index >= 15 is 0 Å². The quantitative estimate of drug-likeness (QED) is 0.123. The molecule has 0 amide bonds. The Morgan fingerprint density at radius 1 is 0.686 bits per heavy atom. The summed E-state index contributed by atoms with van der Waals surface area (Å²) in [5.41, 5.74) is 11.8. The van der Waals surface area contributed by atoms with Crippen molar-refractivity contribution in [3.63, 3.8) is 0 Å². The van der Waals surface area contributed by atoms with Crippen LogP contribution >= 0.6 is 0 Å². The van der Waals surface area contributed by atoms with E-state index in [2.05, 4.69) is 151 Å². The van der Waals surface area contributed by atoms with Crippen LogP contribution in [0.4, 0.5) is 0 Å². The molecule has 3 nitrogen and oxygen atoms in total. The Labute approximate surface area is 317 Å². The monoisotopic (exact) mass is 903 g/mol. The smallest absolute Gasteiger partial charge is 0 e. The maximum Gasteiger partial charge on any atom is 0 e. The van der Waals surface area contributed by atoms with E-state index in [1.165, 1.54) is 32.2 Å². The first kappa shape index (κ1) is 36.2. The predicted molar refractivity (Wildman–Crippen MR) is 211 cm³/mol. The zero-order valence-electron chi connectivity index (χ0n) is 29.6. The zero-order valence-corrected chi connectivity index (χ0v) is 34.1. The van der Waals surface area contributed by atoms with Gasteiger partial charge in [0.1, 0.15) is 5.58 Å². The van der Waals surface area contributed by atoms with Crippen LogP contribution < -0.4 is 4.40 Å². The maximum atomic E-state index is 6.41. The molecule has 8 aromatic rings. The van der Waals surface area contributed by atoms with Crippen LogP contribution in [0.5, 0.6) is 0 Å². The van der Waals surface area contributed by atoms with Gasteiger partial charge in [0.05, 0.1) is 5.58 Å². The molecule has 0 bridgehead atoms. The fourth-order valence-corrected chi connectivity index (χ4v) is 10.2. The second kappa shape index (κ2) is 15.7. The first-order chi connectivity index (χ1) is 24.3. The molecule has 0 aliphatic carbocycles. The van der Waals surface area contributed by atoms with Gasteiger partial charge in [-0.25, -0.2) is 0 Å². The number of hydrogen-bond donors (Lipinski definition) is 0. The number of benzene rings is 5. The molecule has 5 aromatic carbocycles. The zero-order chi connectivity index (χ0) is 34.7. The SMILES string of the molecule is CC(c1ccccc1)c1ccnc(-c2[c-]ccc3c2oc2cccc(-c4ccccc4)c23)c1.Cc1cc(-c2[c-]cccc2)nc[c]1[Ge]([CH3])([CH3])[CH3].[Ir]. The predicted octanol–water partition coefficient (Wildman–Crippen LogP) is 11.7. The average Bonchev–Trinajstić information content (AvgIpc) is 3.55. The maximum absolute atomic E-state index is 6.41. The number of aryl methyl sites for hydroxylation is 1. The molecular weight excluding hydrogens is 861 g/mol. The molecule has 3 heterocycles. The van der Waals surface area contributed by atoms with Gasteiger partial charge in [-0.05, 0) is 40.1 Å². The van der Waals surface area contributed by atoms with Gasteiger partial charge in [0.2, 0.25) is 0 Å². The molecule has 1 unspecified atom stereocenters. The minimum absolute atomic E-state index is 0. The van der Waals surface area contributed by atoms with Crippen LogP contribution in [0.2, 0.25) is 17.3 Å². The van der Waals surface area contributed by atoms with Crippen molar-refractivity contribution in [3.05, 3.63) is 175 Å². The minimum atomic E-state index is -1.77. The van der Waals surface area contributed by atoms with E-state index in [0.717, 1.165) is 44.5 Å². The second-order valence-electron chi connectivity index (χ2n) is 13.8. The Bertz CT molecular complexity index is 2380. The summed E-state index contributed by atoms with van der Waals surface area (Å²) in [5, 5.41) is 2.21. The summed E-state index contributed by atoms with van der Waals surface area (Å²) in [6, 6.07) is 52.4. The molecule has 0 aliphatic rings. The van der Waals surface area contributed by atoms with Crippen molar-refractivity contribution < 1.29 is 24.5 Å². The van der Waals surface area contributed by atoms with Gasteiger partial charge >= 0.3 is 106 Å². The standard InChI is InChI=1S/C31H22NO.C15H18GeN.Ir/c1-21(22-10-4-2-5-11-22)24-18-19-32-28(20-24)26-15-8-16-27-30-25(23-12-6-3-7-13-23)14-9-17-29(30)33-31(26)27;1-12-10-15(13-8-6-5-7-9-13)17-11-14(12)16(2,3)4;/h2-14,16-21H,1H3;5-8,10-11H,1-4H3;/q2*-1;. The van der Waals surface area contributed by atoms with Crippen LogP contribution in [-0.4, -0.2) is 23.2 Å². The summed E-state index contributed by atoms with van der Waals surface area (Å²) in [5.74, 6) is 7.47. The molecule has 5 heteroatoms. The van der Waals surface area contributed by atoms with Crippen molar-refractivity contribution in [2.24, 2.45) is 0 Å². The van der Waals surface area contributed by atoms with E-state index in [-0.39, 0.29) is 26.0 Å². The van der Waals surface area contributed by atoms with Crippen LogP contribution in [0, 0.1) is 19.1 Å².